The molecular weight excluding hydrogens is 194 g/mol. The van der Waals surface area contributed by atoms with Crippen LogP contribution in [0.1, 0.15) is 10.4 Å². The van der Waals surface area contributed by atoms with Crippen molar-refractivity contribution in [1.82, 2.24) is 9.47 Å². The van der Waals surface area contributed by atoms with Crippen molar-refractivity contribution in [2.45, 2.75) is 0 Å². The van der Waals surface area contributed by atoms with E-state index in [0.29, 0.717) is 37.7 Å². The summed E-state index contributed by atoms with van der Waals surface area (Å²) in [5.41, 5.74) is 6.38. The van der Waals surface area contributed by atoms with Crippen LogP contribution in [0.5, 0.6) is 0 Å². The van der Waals surface area contributed by atoms with E-state index in [1.807, 2.05) is 7.05 Å². The molecule has 0 aromatic carbocycles. The smallest absolute Gasteiger partial charge is 0.257 e. The van der Waals surface area contributed by atoms with Gasteiger partial charge < -0.3 is 19.9 Å². The van der Waals surface area contributed by atoms with Crippen molar-refractivity contribution in [1.29, 1.82) is 0 Å². The first kappa shape index (κ1) is 10.0. The van der Waals surface area contributed by atoms with Gasteiger partial charge in [-0.15, -0.1) is 0 Å². The summed E-state index contributed by atoms with van der Waals surface area (Å²) in [5.74, 6) is 0.517. The van der Waals surface area contributed by atoms with Crippen LogP contribution in [-0.2, 0) is 11.8 Å². The molecule has 1 amide bonds. The molecule has 2 rings (SSSR count). The second kappa shape index (κ2) is 3.94. The van der Waals surface area contributed by atoms with Crippen molar-refractivity contribution < 1.29 is 9.53 Å². The molecule has 1 aliphatic heterocycles. The first-order valence-corrected chi connectivity index (χ1v) is 4.98. The Bertz CT molecular complexity index is 367. The second-order valence-corrected chi connectivity index (χ2v) is 3.63. The van der Waals surface area contributed by atoms with Crippen LogP contribution in [0.15, 0.2) is 12.3 Å². The second-order valence-electron chi connectivity index (χ2n) is 3.63. The molecule has 2 N–H and O–H groups in total. The molecule has 82 valence electrons. The first-order valence-electron chi connectivity index (χ1n) is 4.98. The van der Waals surface area contributed by atoms with Gasteiger partial charge in [0.05, 0.1) is 18.8 Å². The number of hydrogen-bond donors (Lipinski definition) is 1. The maximum Gasteiger partial charge on any atom is 0.257 e. The van der Waals surface area contributed by atoms with Crippen LogP contribution in [0.3, 0.4) is 0 Å². The van der Waals surface area contributed by atoms with E-state index in [-0.39, 0.29) is 5.91 Å². The molecule has 15 heavy (non-hydrogen) atoms. The third-order valence-corrected chi connectivity index (χ3v) is 2.65. The van der Waals surface area contributed by atoms with Gasteiger partial charge in [0.1, 0.15) is 5.82 Å². The van der Waals surface area contributed by atoms with Crippen LogP contribution in [-0.4, -0.2) is 41.7 Å². The number of carbonyl (C=O) groups excluding carboxylic acids is 1. The lowest BCUT2D eigenvalue weighted by atomic mass is 10.2. The molecule has 0 saturated carbocycles. The van der Waals surface area contributed by atoms with E-state index >= 15 is 0 Å². The zero-order valence-electron chi connectivity index (χ0n) is 8.77. The van der Waals surface area contributed by atoms with Crippen molar-refractivity contribution in [3.8, 4) is 0 Å². The van der Waals surface area contributed by atoms with Crippen LogP contribution in [0, 0.1) is 0 Å². The number of nitrogen functional groups attached to an aromatic ring is 1. The lowest BCUT2D eigenvalue weighted by Crippen LogP contribution is -2.40. The van der Waals surface area contributed by atoms with Crippen LogP contribution >= 0.6 is 0 Å². The Morgan fingerprint density at radius 3 is 2.67 bits per heavy atom. The summed E-state index contributed by atoms with van der Waals surface area (Å²) in [5, 5.41) is 0. The van der Waals surface area contributed by atoms with E-state index in [2.05, 4.69) is 0 Å². The molecule has 0 spiro atoms. The van der Waals surface area contributed by atoms with Gasteiger partial charge in [0, 0.05) is 26.3 Å². The SMILES string of the molecule is Cn1ccc(C(=O)N2CCOCC2)c1N. The fourth-order valence-corrected chi connectivity index (χ4v) is 1.66. The first-order chi connectivity index (χ1) is 7.20. The molecule has 0 atom stereocenters. The van der Waals surface area contributed by atoms with Gasteiger partial charge in [0.15, 0.2) is 0 Å². The molecule has 1 aromatic rings. The van der Waals surface area contributed by atoms with Crippen LogP contribution < -0.4 is 5.73 Å². The van der Waals surface area contributed by atoms with Crippen molar-refractivity contribution in [2.24, 2.45) is 7.05 Å². The third kappa shape index (κ3) is 1.83. The van der Waals surface area contributed by atoms with E-state index in [1.165, 1.54) is 0 Å². The van der Waals surface area contributed by atoms with E-state index in [4.69, 9.17) is 10.5 Å². The Balaban J connectivity index is 2.16. The van der Waals surface area contributed by atoms with Gasteiger partial charge in [-0.05, 0) is 6.07 Å². The number of morpholine rings is 1. The highest BCUT2D eigenvalue weighted by Crippen LogP contribution is 2.15. The zero-order chi connectivity index (χ0) is 10.8. The molecule has 0 radical (unpaired) electrons. The molecule has 1 aromatic heterocycles. The summed E-state index contributed by atoms with van der Waals surface area (Å²) in [6.07, 6.45) is 1.79. The Hall–Kier alpha value is -1.49. The standard InChI is InChI=1S/C10H15N3O2/c1-12-3-2-8(9(12)11)10(14)13-4-6-15-7-5-13/h2-3H,4-7,11H2,1H3. The monoisotopic (exact) mass is 209 g/mol. The average Bonchev–Trinajstić information content (AvgIpc) is 2.60. The topological polar surface area (TPSA) is 60.5 Å². The zero-order valence-corrected chi connectivity index (χ0v) is 8.77. The quantitative estimate of drug-likeness (QED) is 0.712. The van der Waals surface area contributed by atoms with Crippen molar-refractivity contribution in [3.63, 3.8) is 0 Å². The molecule has 1 aliphatic rings. The normalized spacial score (nSPS) is 16.7. The molecule has 5 nitrogen and oxygen atoms in total. The Morgan fingerprint density at radius 1 is 1.47 bits per heavy atom. The van der Waals surface area contributed by atoms with E-state index in [9.17, 15) is 4.79 Å². The minimum absolute atomic E-state index is 0.00333. The number of nitrogens with zero attached hydrogens (tertiary/aromatic N) is 2. The van der Waals surface area contributed by atoms with Crippen LogP contribution in [0.4, 0.5) is 5.82 Å². The molecule has 0 aliphatic carbocycles. The summed E-state index contributed by atoms with van der Waals surface area (Å²) < 4.78 is 6.93. The predicted molar refractivity (Wildman–Crippen MR) is 56.5 cm³/mol. The number of anilines is 1. The molecule has 1 fully saturated rings. The maximum absolute atomic E-state index is 12.0. The van der Waals surface area contributed by atoms with E-state index < -0.39 is 0 Å². The number of hydrogen-bond acceptors (Lipinski definition) is 3. The van der Waals surface area contributed by atoms with Gasteiger partial charge in [-0.1, -0.05) is 0 Å². The number of ether oxygens (including phenoxy) is 1. The number of aromatic nitrogens is 1. The minimum Gasteiger partial charge on any atom is -0.384 e. The molecule has 0 bridgehead atoms. The highest BCUT2D eigenvalue weighted by atomic mass is 16.5. The van der Waals surface area contributed by atoms with Gasteiger partial charge in [-0.25, -0.2) is 0 Å². The lowest BCUT2D eigenvalue weighted by molar-refractivity contribution is 0.0303. The Morgan fingerprint density at radius 2 is 2.13 bits per heavy atom. The molecule has 5 heteroatoms. The number of nitrogens with two attached hydrogens (primary N) is 1. The highest BCUT2D eigenvalue weighted by Gasteiger charge is 2.21. The van der Waals surface area contributed by atoms with E-state index in [0.717, 1.165) is 0 Å². The van der Waals surface area contributed by atoms with Crippen LogP contribution in [0.2, 0.25) is 0 Å². The molecule has 0 unspecified atom stereocenters. The number of carbonyl (C=O) groups is 1. The van der Waals surface area contributed by atoms with Gasteiger partial charge in [0.2, 0.25) is 0 Å². The van der Waals surface area contributed by atoms with Gasteiger partial charge in [-0.3, -0.25) is 4.79 Å². The summed E-state index contributed by atoms with van der Waals surface area (Å²) in [7, 11) is 1.82. The summed E-state index contributed by atoms with van der Waals surface area (Å²) in [6.45, 7) is 2.51. The van der Waals surface area contributed by atoms with Gasteiger partial charge >= 0.3 is 0 Å². The number of amides is 1. The van der Waals surface area contributed by atoms with Gasteiger partial charge in [-0.2, -0.15) is 0 Å². The van der Waals surface area contributed by atoms with Crippen LogP contribution in [0.25, 0.3) is 0 Å². The van der Waals surface area contributed by atoms with Gasteiger partial charge in [0.25, 0.3) is 5.91 Å². The predicted octanol–water partition coefficient (Wildman–Crippen LogP) is 0.0797. The maximum atomic E-state index is 12.0. The minimum atomic E-state index is -0.00333. The summed E-state index contributed by atoms with van der Waals surface area (Å²) >= 11 is 0. The largest absolute Gasteiger partial charge is 0.384 e. The van der Waals surface area contributed by atoms with Crippen molar-refractivity contribution >= 4 is 11.7 Å². The summed E-state index contributed by atoms with van der Waals surface area (Å²) in [6, 6.07) is 1.76. The summed E-state index contributed by atoms with van der Waals surface area (Å²) in [4.78, 5) is 13.8. The molecule has 1 saturated heterocycles. The highest BCUT2D eigenvalue weighted by molar-refractivity contribution is 5.98. The average molecular weight is 209 g/mol. The Labute approximate surface area is 88.4 Å². The molecular formula is C10H15N3O2. The fourth-order valence-electron chi connectivity index (χ4n) is 1.66. The lowest BCUT2D eigenvalue weighted by Gasteiger charge is -2.26. The molecule has 2 heterocycles. The number of rotatable bonds is 1. The number of aryl methyl sites for hydroxylation is 1. The third-order valence-electron chi connectivity index (χ3n) is 2.65. The van der Waals surface area contributed by atoms with E-state index in [1.54, 1.807) is 21.7 Å². The fraction of sp³-hybridized carbons (Fsp3) is 0.500. The Kier molecular flexibility index (Phi) is 2.64. The van der Waals surface area contributed by atoms with Crippen molar-refractivity contribution in [2.75, 3.05) is 32.0 Å². The van der Waals surface area contributed by atoms with Crippen molar-refractivity contribution in [3.05, 3.63) is 17.8 Å².